The maximum absolute atomic E-state index is 12.9. The monoisotopic (exact) mass is 377 g/mol. The van der Waals surface area contributed by atoms with Gasteiger partial charge in [0.1, 0.15) is 4.21 Å². The lowest BCUT2D eigenvalue weighted by molar-refractivity contribution is 0.337. The third-order valence-corrected chi connectivity index (χ3v) is 9.45. The molecule has 0 bridgehead atoms. The lowest BCUT2D eigenvalue weighted by Gasteiger charge is -2.26. The Hall–Kier alpha value is -0.740. The molecule has 0 radical (unpaired) electrons. The average Bonchev–Trinajstić information content (AvgIpc) is 3.17. The fraction of sp³-hybridized carbons (Fsp3) is 0.385. The quantitative estimate of drug-likeness (QED) is 0.801. The Balaban J connectivity index is 1.96. The molecule has 1 saturated heterocycles. The molecule has 0 unspecified atom stereocenters. The van der Waals surface area contributed by atoms with E-state index in [0.717, 1.165) is 16.2 Å². The van der Waals surface area contributed by atoms with Gasteiger partial charge in [-0.15, -0.1) is 22.7 Å². The maximum Gasteiger partial charge on any atom is 0.253 e. The summed E-state index contributed by atoms with van der Waals surface area (Å²) in [5, 5.41) is 3.60. The second-order valence-electron chi connectivity index (χ2n) is 5.12. The summed E-state index contributed by atoms with van der Waals surface area (Å²) in [5.41, 5.74) is 0. The van der Waals surface area contributed by atoms with Crippen molar-refractivity contribution in [3.8, 4) is 0 Å². The Morgan fingerprint density at radius 2 is 1.91 bits per heavy atom. The molecule has 5 nitrogen and oxygen atoms in total. The van der Waals surface area contributed by atoms with Crippen LogP contribution in [0, 0.1) is 0 Å². The molecule has 0 amide bonds. The van der Waals surface area contributed by atoms with E-state index in [9.17, 15) is 16.8 Å². The molecule has 0 N–H and O–H groups in total. The summed E-state index contributed by atoms with van der Waals surface area (Å²) in [6.45, 7) is 0.220. The highest BCUT2D eigenvalue weighted by atomic mass is 32.2. The van der Waals surface area contributed by atoms with Crippen LogP contribution in [-0.2, 0) is 26.4 Å². The van der Waals surface area contributed by atoms with Crippen molar-refractivity contribution < 1.29 is 16.8 Å². The van der Waals surface area contributed by atoms with Crippen molar-refractivity contribution in [2.75, 3.05) is 11.5 Å². The predicted octanol–water partition coefficient (Wildman–Crippen LogP) is 2.19. The molecule has 0 aliphatic carbocycles. The van der Waals surface area contributed by atoms with Gasteiger partial charge in [-0.2, -0.15) is 4.31 Å². The van der Waals surface area contributed by atoms with Gasteiger partial charge in [0.2, 0.25) is 0 Å². The van der Waals surface area contributed by atoms with Crippen molar-refractivity contribution in [1.82, 2.24) is 4.31 Å². The normalized spacial score (nSPS) is 21.4. The summed E-state index contributed by atoms with van der Waals surface area (Å²) in [5.74, 6) is -0.0401. The molecule has 9 heteroatoms. The Morgan fingerprint density at radius 3 is 2.45 bits per heavy atom. The summed E-state index contributed by atoms with van der Waals surface area (Å²) in [6, 6.07) is 6.49. The van der Waals surface area contributed by atoms with Gasteiger partial charge in [0.25, 0.3) is 10.0 Å². The van der Waals surface area contributed by atoms with Gasteiger partial charge in [-0.25, -0.2) is 16.8 Å². The SMILES string of the molecule is O=S1(=O)CC[C@H](N(Cc2cccs2)S(=O)(=O)c2cccs2)C1. The first-order valence-electron chi connectivity index (χ1n) is 6.67. The van der Waals surface area contributed by atoms with Crippen LogP contribution in [0.2, 0.25) is 0 Å². The fourth-order valence-electron chi connectivity index (χ4n) is 2.49. The van der Waals surface area contributed by atoms with Crippen LogP contribution >= 0.6 is 22.7 Å². The second kappa shape index (κ2) is 6.04. The van der Waals surface area contributed by atoms with Crippen molar-refractivity contribution in [2.24, 2.45) is 0 Å². The van der Waals surface area contributed by atoms with Gasteiger partial charge in [-0.1, -0.05) is 12.1 Å². The topological polar surface area (TPSA) is 71.5 Å². The molecule has 2 aromatic heterocycles. The largest absolute Gasteiger partial charge is 0.253 e. The first-order valence-corrected chi connectivity index (χ1v) is 11.7. The van der Waals surface area contributed by atoms with Crippen LogP contribution in [0.15, 0.2) is 39.2 Å². The average molecular weight is 378 g/mol. The Kier molecular flexibility index (Phi) is 4.43. The zero-order chi connectivity index (χ0) is 15.8. The predicted molar refractivity (Wildman–Crippen MR) is 88.4 cm³/mol. The van der Waals surface area contributed by atoms with Gasteiger partial charge in [-0.05, 0) is 29.3 Å². The standard InChI is InChI=1S/C13H15NO4S4/c15-21(16)8-5-11(10-21)14(9-12-3-1-6-19-12)22(17,18)13-4-2-7-20-13/h1-4,6-7,11H,5,8-10H2/t11-/m0/s1. The van der Waals surface area contributed by atoms with E-state index in [4.69, 9.17) is 0 Å². The van der Waals surface area contributed by atoms with E-state index in [0.29, 0.717) is 6.42 Å². The third kappa shape index (κ3) is 3.28. The minimum absolute atomic E-state index is 0.0541. The van der Waals surface area contributed by atoms with Gasteiger partial charge in [0.05, 0.1) is 11.5 Å². The lowest BCUT2D eigenvalue weighted by Crippen LogP contribution is -2.40. The van der Waals surface area contributed by atoms with Gasteiger partial charge < -0.3 is 0 Å². The maximum atomic E-state index is 12.9. The fourth-order valence-corrected chi connectivity index (χ4v) is 7.86. The van der Waals surface area contributed by atoms with Crippen LogP contribution < -0.4 is 0 Å². The highest BCUT2D eigenvalue weighted by Gasteiger charge is 2.39. The Morgan fingerprint density at radius 1 is 1.18 bits per heavy atom. The molecule has 1 fully saturated rings. The number of sulfonamides is 1. The number of rotatable bonds is 5. The van der Waals surface area contributed by atoms with Crippen molar-refractivity contribution in [2.45, 2.75) is 23.2 Å². The first kappa shape index (κ1) is 16.1. The first-order chi connectivity index (χ1) is 10.4. The second-order valence-corrected chi connectivity index (χ2v) is 11.4. The summed E-state index contributed by atoms with van der Waals surface area (Å²) in [4.78, 5) is 0.907. The molecule has 0 aromatic carbocycles. The molecule has 0 saturated carbocycles. The molecular weight excluding hydrogens is 362 g/mol. The molecule has 1 aliphatic heterocycles. The van der Waals surface area contributed by atoms with Gasteiger partial charge in [-0.3, -0.25) is 0 Å². The zero-order valence-electron chi connectivity index (χ0n) is 11.6. The van der Waals surface area contributed by atoms with Crippen molar-refractivity contribution in [3.05, 3.63) is 39.9 Å². The van der Waals surface area contributed by atoms with Crippen LogP contribution in [0.1, 0.15) is 11.3 Å². The van der Waals surface area contributed by atoms with E-state index in [-0.39, 0.29) is 22.3 Å². The molecule has 1 atom stereocenters. The molecule has 2 aromatic rings. The summed E-state index contributed by atoms with van der Waals surface area (Å²) in [6.07, 6.45) is 0.359. The van der Waals surface area contributed by atoms with E-state index in [1.165, 1.54) is 15.6 Å². The summed E-state index contributed by atoms with van der Waals surface area (Å²) < 4.78 is 50.8. The number of sulfone groups is 1. The van der Waals surface area contributed by atoms with Gasteiger partial charge in [0.15, 0.2) is 9.84 Å². The van der Waals surface area contributed by atoms with Gasteiger partial charge in [0, 0.05) is 17.5 Å². The van der Waals surface area contributed by atoms with Crippen molar-refractivity contribution in [3.63, 3.8) is 0 Å². The minimum atomic E-state index is -3.67. The van der Waals surface area contributed by atoms with Crippen molar-refractivity contribution in [1.29, 1.82) is 0 Å². The lowest BCUT2D eigenvalue weighted by atomic mass is 10.2. The third-order valence-electron chi connectivity index (χ3n) is 3.57. The van der Waals surface area contributed by atoms with E-state index < -0.39 is 25.9 Å². The highest BCUT2D eigenvalue weighted by molar-refractivity contribution is 7.92. The van der Waals surface area contributed by atoms with Crippen LogP contribution in [0.25, 0.3) is 0 Å². The van der Waals surface area contributed by atoms with Crippen LogP contribution in [0.4, 0.5) is 0 Å². The zero-order valence-corrected chi connectivity index (χ0v) is 14.8. The van der Waals surface area contributed by atoms with Crippen LogP contribution in [0.3, 0.4) is 0 Å². The highest BCUT2D eigenvalue weighted by Crippen LogP contribution is 2.29. The molecule has 3 rings (SSSR count). The Bertz CT molecular complexity index is 823. The number of hydrogen-bond acceptors (Lipinski definition) is 6. The van der Waals surface area contributed by atoms with E-state index in [1.807, 2.05) is 17.5 Å². The van der Waals surface area contributed by atoms with Crippen molar-refractivity contribution >= 4 is 42.5 Å². The van der Waals surface area contributed by atoms with E-state index >= 15 is 0 Å². The molecule has 22 heavy (non-hydrogen) atoms. The van der Waals surface area contributed by atoms with E-state index in [1.54, 1.807) is 17.5 Å². The Labute approximate surface area is 138 Å². The molecule has 3 heterocycles. The van der Waals surface area contributed by atoms with Crippen LogP contribution in [0.5, 0.6) is 0 Å². The molecule has 120 valence electrons. The van der Waals surface area contributed by atoms with Gasteiger partial charge >= 0.3 is 0 Å². The molecule has 0 spiro atoms. The molecule has 1 aliphatic rings. The number of hydrogen-bond donors (Lipinski definition) is 0. The number of nitrogens with zero attached hydrogens (tertiary/aromatic N) is 1. The smallest absolute Gasteiger partial charge is 0.229 e. The summed E-state index contributed by atoms with van der Waals surface area (Å²) in [7, 11) is -6.82. The minimum Gasteiger partial charge on any atom is -0.229 e. The van der Waals surface area contributed by atoms with E-state index in [2.05, 4.69) is 0 Å². The number of thiophene rings is 2. The van der Waals surface area contributed by atoms with Crippen LogP contribution in [-0.4, -0.2) is 38.7 Å². The summed E-state index contributed by atoms with van der Waals surface area (Å²) >= 11 is 2.62. The molecular formula is C13H15NO4S4.